The Bertz CT molecular complexity index is 645. The number of nitrogens with zero attached hydrogens (tertiary/aromatic N) is 2. The Kier molecular flexibility index (Phi) is 6.37. The first-order valence-electron chi connectivity index (χ1n) is 10.0. The Labute approximate surface area is 161 Å². The van der Waals surface area contributed by atoms with Gasteiger partial charge in [0.2, 0.25) is 5.91 Å². The lowest BCUT2D eigenvalue weighted by Crippen LogP contribution is -2.56. The van der Waals surface area contributed by atoms with Gasteiger partial charge in [0.05, 0.1) is 12.1 Å². The third-order valence-electron chi connectivity index (χ3n) is 5.46. The van der Waals surface area contributed by atoms with Gasteiger partial charge in [-0.1, -0.05) is 44.2 Å². The quantitative estimate of drug-likeness (QED) is 0.832. The zero-order valence-corrected chi connectivity index (χ0v) is 16.3. The minimum Gasteiger partial charge on any atom is -0.445 e. The molecule has 6 heteroatoms. The molecule has 1 aliphatic carbocycles. The van der Waals surface area contributed by atoms with E-state index in [2.05, 4.69) is 0 Å². The van der Waals surface area contributed by atoms with Crippen LogP contribution in [0.4, 0.5) is 4.79 Å². The number of nitrogens with two attached hydrogens (primary N) is 1. The smallest absolute Gasteiger partial charge is 0.410 e. The fourth-order valence-electron chi connectivity index (χ4n) is 3.62. The Hall–Kier alpha value is -2.08. The van der Waals surface area contributed by atoms with Crippen molar-refractivity contribution in [1.29, 1.82) is 0 Å². The lowest BCUT2D eigenvalue weighted by atomic mass is 9.99. The highest BCUT2D eigenvalue weighted by Crippen LogP contribution is 2.32. The molecule has 2 amide bonds. The van der Waals surface area contributed by atoms with Crippen molar-refractivity contribution in [3.05, 3.63) is 35.9 Å². The molecular formula is C21H31N3O3. The minimum atomic E-state index is -0.483. The summed E-state index contributed by atoms with van der Waals surface area (Å²) in [6.07, 6.45) is 3.54. The van der Waals surface area contributed by atoms with Crippen molar-refractivity contribution in [2.24, 2.45) is 11.7 Å². The van der Waals surface area contributed by atoms with Gasteiger partial charge < -0.3 is 20.3 Å². The van der Waals surface area contributed by atoms with Crippen molar-refractivity contribution in [3.8, 4) is 0 Å². The number of amides is 2. The van der Waals surface area contributed by atoms with Gasteiger partial charge in [0.15, 0.2) is 0 Å². The lowest BCUT2D eigenvalue weighted by Gasteiger charge is -2.40. The third kappa shape index (κ3) is 5.01. The van der Waals surface area contributed by atoms with Crippen LogP contribution in [0.5, 0.6) is 0 Å². The van der Waals surface area contributed by atoms with Crippen molar-refractivity contribution < 1.29 is 14.3 Å². The zero-order valence-electron chi connectivity index (χ0n) is 16.3. The first kappa shape index (κ1) is 19.7. The molecule has 148 valence electrons. The molecule has 2 atom stereocenters. The molecule has 1 aromatic carbocycles. The number of hydrogen-bond acceptors (Lipinski definition) is 4. The molecule has 1 aromatic rings. The standard InChI is InChI=1S/C21H31N3O3/c1-15(2)19(22)20(25)23-12-6-9-18(13-23)24(17-10-11-17)21(26)27-14-16-7-4-3-5-8-16/h3-5,7-8,15,17-19H,6,9-14,22H2,1-2H3/t18-,19-/m0/s1. The van der Waals surface area contributed by atoms with Gasteiger partial charge in [0, 0.05) is 19.1 Å². The predicted molar refractivity (Wildman–Crippen MR) is 104 cm³/mol. The summed E-state index contributed by atoms with van der Waals surface area (Å²) >= 11 is 0. The van der Waals surface area contributed by atoms with Crippen molar-refractivity contribution in [2.75, 3.05) is 13.1 Å². The van der Waals surface area contributed by atoms with Crippen LogP contribution in [0.3, 0.4) is 0 Å². The predicted octanol–water partition coefficient (Wildman–Crippen LogP) is 2.76. The molecule has 0 bridgehead atoms. The summed E-state index contributed by atoms with van der Waals surface area (Å²) in [5.41, 5.74) is 7.04. The molecule has 27 heavy (non-hydrogen) atoms. The summed E-state index contributed by atoms with van der Waals surface area (Å²) in [5.74, 6) is 0.0938. The van der Waals surface area contributed by atoms with Crippen molar-refractivity contribution in [1.82, 2.24) is 9.80 Å². The summed E-state index contributed by atoms with van der Waals surface area (Å²) in [6, 6.07) is 9.48. The van der Waals surface area contributed by atoms with E-state index in [0.29, 0.717) is 13.1 Å². The van der Waals surface area contributed by atoms with E-state index in [1.54, 1.807) is 0 Å². The van der Waals surface area contributed by atoms with Gasteiger partial charge in [0.1, 0.15) is 6.61 Å². The highest BCUT2D eigenvalue weighted by molar-refractivity contribution is 5.82. The summed E-state index contributed by atoms with van der Waals surface area (Å²) < 4.78 is 5.59. The maximum Gasteiger partial charge on any atom is 0.410 e. The molecule has 1 heterocycles. The van der Waals surface area contributed by atoms with Gasteiger partial charge in [-0.2, -0.15) is 0 Å². The monoisotopic (exact) mass is 373 g/mol. The van der Waals surface area contributed by atoms with E-state index in [-0.39, 0.29) is 36.6 Å². The zero-order chi connectivity index (χ0) is 19.4. The molecule has 6 nitrogen and oxygen atoms in total. The average Bonchev–Trinajstić information content (AvgIpc) is 3.51. The largest absolute Gasteiger partial charge is 0.445 e. The van der Waals surface area contributed by atoms with E-state index < -0.39 is 6.04 Å². The Morgan fingerprint density at radius 3 is 2.52 bits per heavy atom. The van der Waals surface area contributed by atoms with Gasteiger partial charge in [-0.3, -0.25) is 4.79 Å². The molecule has 0 spiro atoms. The van der Waals surface area contributed by atoms with Crippen LogP contribution < -0.4 is 5.73 Å². The van der Waals surface area contributed by atoms with E-state index in [1.807, 2.05) is 54.0 Å². The molecule has 0 aromatic heterocycles. The van der Waals surface area contributed by atoms with E-state index >= 15 is 0 Å². The van der Waals surface area contributed by atoms with E-state index in [9.17, 15) is 9.59 Å². The number of ether oxygens (including phenoxy) is 1. The Morgan fingerprint density at radius 2 is 1.89 bits per heavy atom. The summed E-state index contributed by atoms with van der Waals surface area (Å²) in [7, 11) is 0. The third-order valence-corrected chi connectivity index (χ3v) is 5.46. The van der Waals surface area contributed by atoms with E-state index in [4.69, 9.17) is 10.5 Å². The molecule has 1 aliphatic heterocycles. The van der Waals surface area contributed by atoms with Crippen LogP contribution >= 0.6 is 0 Å². The SMILES string of the molecule is CC(C)[C@H](N)C(=O)N1CCC[C@H](N(C(=O)OCc2ccccc2)C2CC2)C1. The molecule has 1 saturated heterocycles. The molecule has 1 saturated carbocycles. The van der Waals surface area contributed by atoms with Gasteiger partial charge in [0.25, 0.3) is 0 Å². The molecule has 3 rings (SSSR count). The van der Waals surface area contributed by atoms with E-state index in [1.165, 1.54) is 0 Å². The van der Waals surface area contributed by atoms with Crippen LogP contribution in [0.1, 0.15) is 45.1 Å². The van der Waals surface area contributed by atoms with Crippen LogP contribution in [-0.2, 0) is 16.1 Å². The fourth-order valence-corrected chi connectivity index (χ4v) is 3.62. The molecular weight excluding hydrogens is 342 g/mol. The van der Waals surface area contributed by atoms with Gasteiger partial charge >= 0.3 is 6.09 Å². The maximum atomic E-state index is 12.8. The lowest BCUT2D eigenvalue weighted by molar-refractivity contribution is -0.135. The minimum absolute atomic E-state index is 0.0110. The van der Waals surface area contributed by atoms with Gasteiger partial charge in [-0.25, -0.2) is 4.79 Å². The van der Waals surface area contributed by atoms with Gasteiger partial charge in [-0.15, -0.1) is 0 Å². The fraction of sp³-hybridized carbons (Fsp3) is 0.619. The van der Waals surface area contributed by atoms with Crippen LogP contribution in [0, 0.1) is 5.92 Å². The molecule has 0 radical (unpaired) electrons. The van der Waals surface area contributed by atoms with Gasteiger partial charge in [-0.05, 0) is 37.2 Å². The van der Waals surface area contributed by atoms with Crippen LogP contribution in [0.2, 0.25) is 0 Å². The van der Waals surface area contributed by atoms with E-state index in [0.717, 1.165) is 31.2 Å². The molecule has 2 fully saturated rings. The van der Waals surface area contributed by atoms with Crippen LogP contribution in [0.25, 0.3) is 0 Å². The first-order chi connectivity index (χ1) is 13.0. The summed E-state index contributed by atoms with van der Waals surface area (Å²) in [6.45, 7) is 5.46. The van der Waals surface area contributed by atoms with Crippen molar-refractivity contribution in [3.63, 3.8) is 0 Å². The summed E-state index contributed by atoms with van der Waals surface area (Å²) in [5, 5.41) is 0. The first-order valence-corrected chi connectivity index (χ1v) is 10.0. The molecule has 2 aliphatic rings. The highest BCUT2D eigenvalue weighted by atomic mass is 16.6. The van der Waals surface area contributed by atoms with Crippen molar-refractivity contribution >= 4 is 12.0 Å². The maximum absolute atomic E-state index is 12.8. The van der Waals surface area contributed by atoms with Crippen LogP contribution in [0.15, 0.2) is 30.3 Å². The molecule has 2 N–H and O–H groups in total. The Balaban J connectivity index is 1.62. The van der Waals surface area contributed by atoms with Crippen molar-refractivity contribution in [2.45, 2.75) is 64.3 Å². The van der Waals surface area contributed by atoms with Crippen LogP contribution in [-0.4, -0.2) is 53.0 Å². The molecule has 0 unspecified atom stereocenters. The number of hydrogen-bond donors (Lipinski definition) is 1. The number of piperidine rings is 1. The highest BCUT2D eigenvalue weighted by Gasteiger charge is 2.41. The normalized spacial score (nSPS) is 21.0. The second kappa shape index (κ2) is 8.74. The second-order valence-electron chi connectivity index (χ2n) is 8.03. The number of likely N-dealkylation sites (tertiary alicyclic amines) is 1. The number of benzene rings is 1. The summed E-state index contributed by atoms with van der Waals surface area (Å²) in [4.78, 5) is 29.1. The number of carbonyl (C=O) groups excluding carboxylic acids is 2. The second-order valence-corrected chi connectivity index (χ2v) is 8.03. The number of carbonyl (C=O) groups is 2. The Morgan fingerprint density at radius 1 is 1.19 bits per heavy atom. The topological polar surface area (TPSA) is 75.9 Å². The average molecular weight is 373 g/mol. The number of rotatable bonds is 6.